The summed E-state index contributed by atoms with van der Waals surface area (Å²) in [6.45, 7) is 6.43. The van der Waals surface area contributed by atoms with Gasteiger partial charge in [0, 0.05) is 16.6 Å². The lowest BCUT2D eigenvalue weighted by atomic mass is 10.0. The van der Waals surface area contributed by atoms with Crippen LogP contribution >= 0.6 is 11.3 Å². The van der Waals surface area contributed by atoms with Crippen molar-refractivity contribution in [3.05, 3.63) is 112 Å². The van der Waals surface area contributed by atoms with E-state index in [-0.39, 0.29) is 11.8 Å². The summed E-state index contributed by atoms with van der Waals surface area (Å²) in [4.78, 5) is 31.4. The molecule has 2 N–H and O–H groups in total. The van der Waals surface area contributed by atoms with Crippen LogP contribution in [0.4, 0.5) is 5.69 Å². The molecular formula is C33H30N4O3S. The molecule has 7 nitrogen and oxygen atoms in total. The van der Waals surface area contributed by atoms with E-state index in [1.54, 1.807) is 6.07 Å². The SMILES string of the molecule is CCCOc1cccc(-c2cc(C(=O)NN=C(C)c3ccc(NC(=O)c4sccc4C)cc3)c3ccccc3n2)c1. The van der Waals surface area contributed by atoms with Crippen LogP contribution in [0.15, 0.2) is 95.4 Å². The number of rotatable bonds is 9. The van der Waals surface area contributed by atoms with Gasteiger partial charge in [0.15, 0.2) is 0 Å². The molecule has 5 aromatic rings. The first-order chi connectivity index (χ1) is 19.9. The zero-order chi connectivity index (χ0) is 28.8. The Bertz CT molecular complexity index is 1740. The van der Waals surface area contributed by atoms with Gasteiger partial charge in [0.2, 0.25) is 0 Å². The van der Waals surface area contributed by atoms with Crippen LogP contribution in [0.1, 0.15) is 51.4 Å². The number of carbonyl (C=O) groups is 2. The molecule has 206 valence electrons. The second-order valence-electron chi connectivity index (χ2n) is 9.55. The van der Waals surface area contributed by atoms with Gasteiger partial charge >= 0.3 is 0 Å². The van der Waals surface area contributed by atoms with E-state index in [1.807, 2.05) is 98.1 Å². The Morgan fingerprint density at radius 3 is 2.51 bits per heavy atom. The van der Waals surface area contributed by atoms with Gasteiger partial charge in [-0.05, 0) is 79.2 Å². The summed E-state index contributed by atoms with van der Waals surface area (Å²) in [5, 5.41) is 9.92. The molecule has 41 heavy (non-hydrogen) atoms. The number of anilines is 1. The molecule has 0 saturated heterocycles. The fraction of sp³-hybridized carbons (Fsp3) is 0.152. The monoisotopic (exact) mass is 562 g/mol. The zero-order valence-corrected chi connectivity index (χ0v) is 23.9. The molecule has 0 atom stereocenters. The summed E-state index contributed by atoms with van der Waals surface area (Å²) < 4.78 is 5.79. The number of thiophene rings is 1. The van der Waals surface area contributed by atoms with E-state index < -0.39 is 0 Å². The average molecular weight is 563 g/mol. The van der Waals surface area contributed by atoms with Gasteiger partial charge in [-0.3, -0.25) is 9.59 Å². The van der Waals surface area contributed by atoms with E-state index in [9.17, 15) is 9.59 Å². The zero-order valence-electron chi connectivity index (χ0n) is 23.1. The number of fused-ring (bicyclic) bond motifs is 1. The summed E-state index contributed by atoms with van der Waals surface area (Å²) >= 11 is 1.41. The molecule has 0 aliphatic carbocycles. The second kappa shape index (κ2) is 12.6. The molecular weight excluding hydrogens is 532 g/mol. The topological polar surface area (TPSA) is 92.7 Å². The molecule has 3 aromatic carbocycles. The Morgan fingerprint density at radius 2 is 1.76 bits per heavy atom. The summed E-state index contributed by atoms with van der Waals surface area (Å²) in [5.41, 5.74) is 8.51. The molecule has 0 radical (unpaired) electrons. The predicted octanol–water partition coefficient (Wildman–Crippen LogP) is 7.47. The number of aryl methyl sites for hydroxylation is 1. The number of carbonyl (C=O) groups excluding carboxylic acids is 2. The standard InChI is InChI=1S/C33H30N4O3S/c1-4-17-40-26-9-7-8-24(19-26)30-20-28(27-10-5-6-11-29(27)35-30)32(38)37-36-22(3)23-12-14-25(15-13-23)34-33(39)31-21(2)16-18-41-31/h5-16,18-20H,4,17H2,1-3H3,(H,34,39)(H,37,38). The van der Waals surface area contributed by atoms with Crippen LogP contribution in [-0.2, 0) is 0 Å². The Kier molecular flexibility index (Phi) is 8.50. The van der Waals surface area contributed by atoms with Crippen LogP contribution in [0, 0.1) is 6.92 Å². The summed E-state index contributed by atoms with van der Waals surface area (Å²) in [7, 11) is 0. The van der Waals surface area contributed by atoms with Crippen molar-refractivity contribution in [1.82, 2.24) is 10.4 Å². The fourth-order valence-electron chi connectivity index (χ4n) is 4.32. The molecule has 8 heteroatoms. The molecule has 2 aromatic heterocycles. The third-order valence-electron chi connectivity index (χ3n) is 6.52. The number of hydrogen-bond donors (Lipinski definition) is 2. The molecule has 0 spiro atoms. The number of hydrazone groups is 1. The van der Waals surface area contributed by atoms with Gasteiger partial charge in [-0.15, -0.1) is 11.3 Å². The third kappa shape index (κ3) is 6.50. The van der Waals surface area contributed by atoms with Crippen LogP contribution in [-0.4, -0.2) is 29.1 Å². The quantitative estimate of drug-likeness (QED) is 0.144. The number of aromatic nitrogens is 1. The minimum Gasteiger partial charge on any atom is -0.494 e. The van der Waals surface area contributed by atoms with Gasteiger partial charge < -0.3 is 10.1 Å². The highest BCUT2D eigenvalue weighted by Gasteiger charge is 2.15. The van der Waals surface area contributed by atoms with Gasteiger partial charge in [0.05, 0.1) is 34.0 Å². The smallest absolute Gasteiger partial charge is 0.272 e. The molecule has 2 heterocycles. The average Bonchev–Trinajstić information content (AvgIpc) is 3.44. The Morgan fingerprint density at radius 1 is 0.951 bits per heavy atom. The highest BCUT2D eigenvalue weighted by atomic mass is 32.1. The third-order valence-corrected chi connectivity index (χ3v) is 7.53. The van der Waals surface area contributed by atoms with E-state index in [0.29, 0.717) is 39.7 Å². The predicted molar refractivity (Wildman–Crippen MR) is 166 cm³/mol. The number of pyridine rings is 1. The van der Waals surface area contributed by atoms with Crippen LogP contribution < -0.4 is 15.5 Å². The van der Waals surface area contributed by atoms with Crippen molar-refractivity contribution >= 4 is 45.5 Å². The van der Waals surface area contributed by atoms with E-state index in [0.717, 1.165) is 34.2 Å². The van der Waals surface area contributed by atoms with Crippen LogP contribution in [0.5, 0.6) is 5.75 Å². The van der Waals surface area contributed by atoms with Crippen molar-refractivity contribution in [2.24, 2.45) is 5.10 Å². The molecule has 0 fully saturated rings. The lowest BCUT2D eigenvalue weighted by molar-refractivity contribution is 0.0955. The number of ether oxygens (including phenoxy) is 1. The van der Waals surface area contributed by atoms with E-state index in [1.165, 1.54) is 11.3 Å². The van der Waals surface area contributed by atoms with Crippen molar-refractivity contribution in [2.75, 3.05) is 11.9 Å². The van der Waals surface area contributed by atoms with Crippen LogP contribution in [0.25, 0.3) is 22.2 Å². The molecule has 0 unspecified atom stereocenters. The van der Waals surface area contributed by atoms with Gasteiger partial charge in [-0.25, -0.2) is 10.4 Å². The fourth-order valence-corrected chi connectivity index (χ4v) is 5.14. The van der Waals surface area contributed by atoms with Crippen molar-refractivity contribution in [3.8, 4) is 17.0 Å². The highest BCUT2D eigenvalue weighted by molar-refractivity contribution is 7.12. The maximum absolute atomic E-state index is 13.4. The molecule has 0 saturated carbocycles. The largest absolute Gasteiger partial charge is 0.494 e. The molecule has 0 aliphatic heterocycles. The number of benzene rings is 3. The number of hydrogen-bond acceptors (Lipinski definition) is 6. The second-order valence-corrected chi connectivity index (χ2v) is 10.5. The summed E-state index contributed by atoms with van der Waals surface area (Å²) in [6.07, 6.45) is 0.915. The minimum atomic E-state index is -0.335. The Labute approximate surface area is 242 Å². The first-order valence-electron chi connectivity index (χ1n) is 13.4. The minimum absolute atomic E-state index is 0.132. The van der Waals surface area contributed by atoms with Crippen molar-refractivity contribution in [2.45, 2.75) is 27.2 Å². The molecule has 5 rings (SSSR count). The summed E-state index contributed by atoms with van der Waals surface area (Å²) in [5.74, 6) is 0.294. The number of para-hydroxylation sites is 1. The van der Waals surface area contributed by atoms with Crippen LogP contribution in [0.3, 0.4) is 0 Å². The molecule has 2 amide bonds. The lowest BCUT2D eigenvalue weighted by Crippen LogP contribution is -2.20. The Balaban J connectivity index is 1.34. The van der Waals surface area contributed by atoms with Gasteiger partial charge in [0.1, 0.15) is 5.75 Å². The van der Waals surface area contributed by atoms with E-state index >= 15 is 0 Å². The Hall–Kier alpha value is -4.82. The maximum atomic E-state index is 13.4. The van der Waals surface area contributed by atoms with Gasteiger partial charge in [0.25, 0.3) is 11.8 Å². The first-order valence-corrected chi connectivity index (χ1v) is 14.2. The van der Waals surface area contributed by atoms with E-state index in [2.05, 4.69) is 22.8 Å². The van der Waals surface area contributed by atoms with E-state index in [4.69, 9.17) is 9.72 Å². The van der Waals surface area contributed by atoms with Crippen molar-refractivity contribution in [1.29, 1.82) is 0 Å². The normalized spacial score (nSPS) is 11.3. The number of nitrogens with zero attached hydrogens (tertiary/aromatic N) is 2. The van der Waals surface area contributed by atoms with Crippen molar-refractivity contribution < 1.29 is 14.3 Å². The summed E-state index contributed by atoms with van der Waals surface area (Å²) in [6, 6.07) is 26.3. The molecule has 0 aliphatic rings. The maximum Gasteiger partial charge on any atom is 0.272 e. The number of nitrogens with one attached hydrogen (secondary N) is 2. The lowest BCUT2D eigenvalue weighted by Gasteiger charge is -2.11. The first kappa shape index (κ1) is 27.7. The molecule has 0 bridgehead atoms. The van der Waals surface area contributed by atoms with Gasteiger partial charge in [-0.1, -0.05) is 49.4 Å². The van der Waals surface area contributed by atoms with Crippen molar-refractivity contribution in [3.63, 3.8) is 0 Å². The highest BCUT2D eigenvalue weighted by Crippen LogP contribution is 2.27. The van der Waals surface area contributed by atoms with Crippen LogP contribution in [0.2, 0.25) is 0 Å². The van der Waals surface area contributed by atoms with Gasteiger partial charge in [-0.2, -0.15) is 5.10 Å². The number of amides is 2.